The Hall–Kier alpha value is -1.63. The van der Waals surface area contributed by atoms with Gasteiger partial charge in [0.2, 0.25) is 0 Å². The second kappa shape index (κ2) is 3.85. The van der Waals surface area contributed by atoms with E-state index >= 15 is 0 Å². The zero-order chi connectivity index (χ0) is 10.8. The molecule has 1 aliphatic rings. The highest BCUT2D eigenvalue weighted by molar-refractivity contribution is 5.48. The molecule has 1 unspecified atom stereocenters. The van der Waals surface area contributed by atoms with Gasteiger partial charge in [-0.3, -0.25) is 0 Å². The molecule has 1 atom stereocenters. The van der Waals surface area contributed by atoms with Crippen LogP contribution in [-0.2, 0) is 0 Å². The summed E-state index contributed by atoms with van der Waals surface area (Å²) in [5.41, 5.74) is 0.645. The van der Waals surface area contributed by atoms with Crippen molar-refractivity contribution in [1.82, 2.24) is 0 Å². The Bertz CT molecular complexity index is 412. The van der Waals surface area contributed by atoms with Crippen molar-refractivity contribution in [2.75, 3.05) is 18.0 Å². The zero-order valence-corrected chi connectivity index (χ0v) is 8.08. The molecule has 2 rings (SSSR count). The lowest BCUT2D eigenvalue weighted by atomic mass is 10.1. The number of halogens is 2. The molecule has 0 N–H and O–H groups in total. The van der Waals surface area contributed by atoms with Crippen LogP contribution in [-0.4, -0.2) is 13.1 Å². The van der Waals surface area contributed by atoms with Gasteiger partial charge in [-0.05, 0) is 18.6 Å². The number of anilines is 1. The predicted molar refractivity (Wildman–Crippen MR) is 52.3 cm³/mol. The Morgan fingerprint density at radius 2 is 2.13 bits per heavy atom. The van der Waals surface area contributed by atoms with E-state index in [-0.39, 0.29) is 5.92 Å². The lowest BCUT2D eigenvalue weighted by molar-refractivity contribution is 0.508. The number of rotatable bonds is 1. The van der Waals surface area contributed by atoms with Gasteiger partial charge in [0.15, 0.2) is 11.6 Å². The van der Waals surface area contributed by atoms with Gasteiger partial charge in [-0.25, -0.2) is 8.78 Å². The molecule has 0 bridgehead atoms. The highest BCUT2D eigenvalue weighted by atomic mass is 19.2. The fraction of sp³-hybridized carbons (Fsp3) is 0.364. The lowest BCUT2D eigenvalue weighted by Gasteiger charge is -2.17. The summed E-state index contributed by atoms with van der Waals surface area (Å²) in [4.78, 5) is 1.90. The van der Waals surface area contributed by atoms with Gasteiger partial charge in [-0.15, -0.1) is 0 Å². The zero-order valence-electron chi connectivity index (χ0n) is 8.08. The van der Waals surface area contributed by atoms with Crippen LogP contribution in [0.1, 0.15) is 6.42 Å². The van der Waals surface area contributed by atoms with Crippen molar-refractivity contribution >= 4 is 5.69 Å². The molecule has 0 saturated carbocycles. The summed E-state index contributed by atoms with van der Waals surface area (Å²) in [6.07, 6.45) is 0.787. The van der Waals surface area contributed by atoms with Gasteiger partial charge < -0.3 is 4.90 Å². The molecule has 0 amide bonds. The van der Waals surface area contributed by atoms with Crippen LogP contribution < -0.4 is 4.90 Å². The Labute approximate surface area is 86.7 Å². The molecule has 4 heteroatoms. The van der Waals surface area contributed by atoms with Gasteiger partial charge in [-0.2, -0.15) is 5.26 Å². The van der Waals surface area contributed by atoms with E-state index < -0.39 is 11.6 Å². The molecule has 0 aromatic heterocycles. The van der Waals surface area contributed by atoms with Crippen LogP contribution in [0.25, 0.3) is 0 Å². The topological polar surface area (TPSA) is 27.0 Å². The van der Waals surface area contributed by atoms with Crippen LogP contribution in [0.15, 0.2) is 18.2 Å². The second-order valence-corrected chi connectivity index (χ2v) is 3.66. The van der Waals surface area contributed by atoms with E-state index in [2.05, 4.69) is 6.07 Å². The van der Waals surface area contributed by atoms with Gasteiger partial charge in [0.25, 0.3) is 0 Å². The molecule has 0 aliphatic carbocycles. The summed E-state index contributed by atoms with van der Waals surface area (Å²) in [5.74, 6) is -1.68. The summed E-state index contributed by atoms with van der Waals surface area (Å²) < 4.78 is 25.6. The van der Waals surface area contributed by atoms with Gasteiger partial charge in [-0.1, -0.05) is 0 Å². The average molecular weight is 208 g/mol. The first-order valence-electron chi connectivity index (χ1n) is 4.80. The van der Waals surface area contributed by atoms with Crippen LogP contribution >= 0.6 is 0 Å². The van der Waals surface area contributed by atoms with Crippen molar-refractivity contribution in [1.29, 1.82) is 5.26 Å². The number of hydrogen-bond donors (Lipinski definition) is 0. The van der Waals surface area contributed by atoms with Crippen molar-refractivity contribution in [2.45, 2.75) is 6.42 Å². The second-order valence-electron chi connectivity index (χ2n) is 3.66. The van der Waals surface area contributed by atoms with Crippen LogP contribution in [0.4, 0.5) is 14.5 Å². The van der Waals surface area contributed by atoms with E-state index in [1.807, 2.05) is 4.90 Å². The Balaban J connectivity index is 2.18. The van der Waals surface area contributed by atoms with Crippen molar-refractivity contribution in [2.24, 2.45) is 5.92 Å². The summed E-state index contributed by atoms with van der Waals surface area (Å²) in [7, 11) is 0. The van der Waals surface area contributed by atoms with Crippen molar-refractivity contribution in [3.8, 4) is 6.07 Å². The normalized spacial score (nSPS) is 20.3. The molecule has 1 aromatic rings. The molecule has 15 heavy (non-hydrogen) atoms. The first-order chi connectivity index (χ1) is 7.20. The fourth-order valence-electron chi connectivity index (χ4n) is 1.78. The summed E-state index contributed by atoms with van der Waals surface area (Å²) >= 11 is 0. The molecule has 1 aromatic carbocycles. The molecule has 1 heterocycles. The third-order valence-electron chi connectivity index (χ3n) is 2.64. The highest BCUT2D eigenvalue weighted by Gasteiger charge is 2.22. The highest BCUT2D eigenvalue weighted by Crippen LogP contribution is 2.24. The number of hydrogen-bond acceptors (Lipinski definition) is 2. The lowest BCUT2D eigenvalue weighted by Crippen LogP contribution is -2.19. The van der Waals surface area contributed by atoms with Crippen molar-refractivity contribution in [3.63, 3.8) is 0 Å². The van der Waals surface area contributed by atoms with E-state index in [4.69, 9.17) is 5.26 Å². The number of nitrogens with zero attached hydrogens (tertiary/aromatic N) is 2. The number of benzene rings is 1. The largest absolute Gasteiger partial charge is 0.370 e. The molecule has 78 valence electrons. The minimum absolute atomic E-state index is 0.00175. The Morgan fingerprint density at radius 3 is 2.73 bits per heavy atom. The van der Waals surface area contributed by atoms with E-state index in [9.17, 15) is 8.78 Å². The minimum Gasteiger partial charge on any atom is -0.370 e. The molecule has 1 saturated heterocycles. The third kappa shape index (κ3) is 1.91. The van der Waals surface area contributed by atoms with E-state index in [0.717, 1.165) is 19.0 Å². The maximum atomic E-state index is 12.9. The molecular weight excluding hydrogens is 198 g/mol. The van der Waals surface area contributed by atoms with Gasteiger partial charge in [0, 0.05) is 24.8 Å². The Kier molecular flexibility index (Phi) is 2.55. The van der Waals surface area contributed by atoms with E-state index in [0.29, 0.717) is 12.2 Å². The fourth-order valence-corrected chi connectivity index (χ4v) is 1.78. The summed E-state index contributed by atoms with van der Waals surface area (Å²) in [6, 6.07) is 6.01. The molecule has 1 fully saturated rings. The molecule has 1 aliphatic heterocycles. The summed E-state index contributed by atoms with van der Waals surface area (Å²) in [5, 5.41) is 8.72. The van der Waals surface area contributed by atoms with Gasteiger partial charge >= 0.3 is 0 Å². The first-order valence-corrected chi connectivity index (χ1v) is 4.80. The molecule has 2 nitrogen and oxygen atoms in total. The SMILES string of the molecule is N#CC1CCN(c2ccc(F)c(F)c2)C1. The average Bonchev–Trinajstić information content (AvgIpc) is 2.70. The van der Waals surface area contributed by atoms with Crippen LogP contribution in [0.2, 0.25) is 0 Å². The van der Waals surface area contributed by atoms with Gasteiger partial charge in [0.1, 0.15) is 0 Å². The first kappa shape index (κ1) is 9.91. The maximum Gasteiger partial charge on any atom is 0.160 e. The predicted octanol–water partition coefficient (Wildman–Crippen LogP) is 2.31. The quantitative estimate of drug-likeness (QED) is 0.708. The maximum absolute atomic E-state index is 12.9. The van der Waals surface area contributed by atoms with Crippen molar-refractivity contribution < 1.29 is 8.78 Å². The van der Waals surface area contributed by atoms with Gasteiger partial charge in [0.05, 0.1) is 12.0 Å². The molecular formula is C11H10F2N2. The smallest absolute Gasteiger partial charge is 0.160 e. The van der Waals surface area contributed by atoms with Crippen LogP contribution in [0, 0.1) is 28.9 Å². The standard InChI is InChI=1S/C11H10F2N2/c12-10-2-1-9(5-11(10)13)15-4-3-8(6-14)7-15/h1-2,5,8H,3-4,7H2. The molecule has 0 spiro atoms. The summed E-state index contributed by atoms with van der Waals surface area (Å²) in [6.45, 7) is 1.32. The van der Waals surface area contributed by atoms with Crippen LogP contribution in [0.3, 0.4) is 0 Å². The number of nitriles is 1. The van der Waals surface area contributed by atoms with Crippen molar-refractivity contribution in [3.05, 3.63) is 29.8 Å². The van der Waals surface area contributed by atoms with E-state index in [1.54, 1.807) is 0 Å². The van der Waals surface area contributed by atoms with Crippen LogP contribution in [0.5, 0.6) is 0 Å². The Morgan fingerprint density at radius 1 is 1.33 bits per heavy atom. The minimum atomic E-state index is -0.840. The molecule has 0 radical (unpaired) electrons. The van der Waals surface area contributed by atoms with E-state index in [1.165, 1.54) is 12.1 Å². The monoisotopic (exact) mass is 208 g/mol. The third-order valence-corrected chi connectivity index (χ3v) is 2.64.